The quantitative estimate of drug-likeness (QED) is 0.605. The second kappa shape index (κ2) is 6.99. The maximum absolute atomic E-state index is 10.2. The summed E-state index contributed by atoms with van der Waals surface area (Å²) in [6.45, 7) is 1.98. The summed E-state index contributed by atoms with van der Waals surface area (Å²) in [5.41, 5.74) is 11.8. The van der Waals surface area contributed by atoms with Crippen LogP contribution in [0.1, 0.15) is 67.0 Å². The van der Waals surface area contributed by atoms with E-state index in [1.807, 2.05) is 29.8 Å². The van der Waals surface area contributed by atoms with Crippen molar-refractivity contribution >= 4 is 0 Å². The first kappa shape index (κ1) is 19.9. The molecule has 3 N–H and O–H groups in total. The van der Waals surface area contributed by atoms with E-state index in [1.165, 1.54) is 38.5 Å². The molecule has 1 aliphatic heterocycles. The summed E-state index contributed by atoms with van der Waals surface area (Å²) in [7, 11) is 0. The van der Waals surface area contributed by atoms with Gasteiger partial charge in [-0.2, -0.15) is 10.4 Å². The van der Waals surface area contributed by atoms with E-state index >= 15 is 0 Å². The van der Waals surface area contributed by atoms with Gasteiger partial charge in [-0.15, -0.1) is 5.10 Å². The number of para-hydroxylation sites is 1. The van der Waals surface area contributed by atoms with E-state index in [2.05, 4.69) is 34.6 Å². The SMILES string of the molecule is Cc1[nH]nc2c1[C@H](c1cn(-c3ccccc3)nc1C13CC4CC(CC(C4)C1)C3)C(C#N)=C(N)O2. The molecule has 4 fully saturated rings. The number of nitrogens with two attached hydrogens (primary N) is 1. The zero-order valence-corrected chi connectivity index (χ0v) is 19.3. The first-order valence-corrected chi connectivity index (χ1v) is 12.3. The number of rotatable bonds is 3. The minimum absolute atomic E-state index is 0.0650. The number of nitrogens with one attached hydrogen (secondary N) is 1. The molecule has 4 bridgehead atoms. The van der Waals surface area contributed by atoms with Gasteiger partial charge < -0.3 is 10.5 Å². The Balaban J connectivity index is 1.47. The number of aryl methyl sites for hydroxylation is 1. The Bertz CT molecular complexity index is 1320. The molecule has 0 spiro atoms. The highest BCUT2D eigenvalue weighted by Crippen LogP contribution is 2.62. The number of aromatic nitrogens is 4. The lowest BCUT2D eigenvalue weighted by Gasteiger charge is -2.56. The molecule has 8 rings (SSSR count). The maximum Gasteiger partial charge on any atom is 0.244 e. The van der Waals surface area contributed by atoms with Crippen LogP contribution in [0, 0.1) is 36.0 Å². The maximum atomic E-state index is 10.2. The first-order chi connectivity index (χ1) is 16.5. The van der Waals surface area contributed by atoms with Crippen LogP contribution in [0.15, 0.2) is 48.0 Å². The van der Waals surface area contributed by atoms with E-state index in [0.717, 1.165) is 46.0 Å². The van der Waals surface area contributed by atoms with Crippen molar-refractivity contribution in [2.75, 3.05) is 0 Å². The van der Waals surface area contributed by atoms with Crippen molar-refractivity contribution in [1.82, 2.24) is 20.0 Å². The van der Waals surface area contributed by atoms with Gasteiger partial charge in [0.05, 0.1) is 17.3 Å². The third-order valence-corrected chi connectivity index (χ3v) is 8.74. The van der Waals surface area contributed by atoms with E-state index in [-0.39, 0.29) is 17.2 Å². The van der Waals surface area contributed by atoms with Crippen LogP contribution in [0.5, 0.6) is 5.88 Å². The van der Waals surface area contributed by atoms with Crippen LogP contribution in [0.25, 0.3) is 5.69 Å². The Morgan fingerprint density at radius 2 is 1.79 bits per heavy atom. The Labute approximate surface area is 198 Å². The summed E-state index contributed by atoms with van der Waals surface area (Å²) in [5, 5.41) is 22.9. The van der Waals surface area contributed by atoms with Gasteiger partial charge in [0.15, 0.2) is 0 Å². The van der Waals surface area contributed by atoms with Gasteiger partial charge in [-0.25, -0.2) is 4.68 Å². The molecule has 0 saturated heterocycles. The summed E-state index contributed by atoms with van der Waals surface area (Å²) in [5.74, 6) is 2.63. The van der Waals surface area contributed by atoms with Crippen molar-refractivity contribution in [2.24, 2.45) is 23.5 Å². The lowest BCUT2D eigenvalue weighted by atomic mass is 9.48. The smallest absolute Gasteiger partial charge is 0.244 e. The second-order valence-electron chi connectivity index (χ2n) is 10.9. The molecule has 2 aromatic heterocycles. The molecule has 7 nitrogen and oxygen atoms in total. The van der Waals surface area contributed by atoms with Crippen LogP contribution in [0.2, 0.25) is 0 Å². The Morgan fingerprint density at radius 1 is 1.12 bits per heavy atom. The predicted octanol–water partition coefficient (Wildman–Crippen LogP) is 4.59. The fraction of sp³-hybridized carbons (Fsp3) is 0.444. The zero-order valence-electron chi connectivity index (χ0n) is 19.3. The van der Waals surface area contributed by atoms with E-state index < -0.39 is 0 Å². The monoisotopic (exact) mass is 452 g/mol. The molecule has 0 amide bonds. The molecule has 3 heterocycles. The van der Waals surface area contributed by atoms with E-state index in [4.69, 9.17) is 15.6 Å². The molecule has 0 unspecified atom stereocenters. The molecule has 1 atom stereocenters. The molecule has 34 heavy (non-hydrogen) atoms. The highest BCUT2D eigenvalue weighted by Gasteiger charge is 2.54. The van der Waals surface area contributed by atoms with Gasteiger partial charge in [0.25, 0.3) is 0 Å². The van der Waals surface area contributed by atoms with Gasteiger partial charge >= 0.3 is 0 Å². The van der Waals surface area contributed by atoms with Gasteiger partial charge in [-0.05, 0) is 75.3 Å². The number of allylic oxidation sites excluding steroid dienone is 1. The molecule has 7 heteroatoms. The van der Waals surface area contributed by atoms with Crippen LogP contribution in [-0.4, -0.2) is 20.0 Å². The summed E-state index contributed by atoms with van der Waals surface area (Å²) in [4.78, 5) is 0. The van der Waals surface area contributed by atoms with Crippen LogP contribution >= 0.6 is 0 Å². The number of benzene rings is 1. The molecule has 172 valence electrons. The third kappa shape index (κ3) is 2.74. The predicted molar refractivity (Wildman–Crippen MR) is 126 cm³/mol. The van der Waals surface area contributed by atoms with Gasteiger partial charge in [-0.3, -0.25) is 5.10 Å². The van der Waals surface area contributed by atoms with Gasteiger partial charge in [0.1, 0.15) is 11.6 Å². The van der Waals surface area contributed by atoms with Gasteiger partial charge in [0.2, 0.25) is 11.8 Å². The average Bonchev–Trinajstić information content (AvgIpc) is 3.43. The van der Waals surface area contributed by atoms with Crippen LogP contribution in [-0.2, 0) is 5.41 Å². The van der Waals surface area contributed by atoms with E-state index in [0.29, 0.717) is 11.5 Å². The number of nitriles is 1. The van der Waals surface area contributed by atoms with E-state index in [9.17, 15) is 5.26 Å². The molecule has 3 aromatic rings. The number of nitrogens with zero attached hydrogens (tertiary/aromatic N) is 4. The van der Waals surface area contributed by atoms with Crippen molar-refractivity contribution in [3.05, 3.63) is 70.5 Å². The third-order valence-electron chi connectivity index (χ3n) is 8.74. The number of H-pyrrole nitrogens is 1. The minimum atomic E-state index is -0.340. The summed E-state index contributed by atoms with van der Waals surface area (Å²) >= 11 is 0. The summed E-state index contributed by atoms with van der Waals surface area (Å²) in [6.07, 6.45) is 9.81. The van der Waals surface area contributed by atoms with Crippen molar-refractivity contribution in [1.29, 1.82) is 5.26 Å². The highest BCUT2D eigenvalue weighted by atomic mass is 16.5. The fourth-order valence-electron chi connectivity index (χ4n) is 7.83. The van der Waals surface area contributed by atoms with Crippen molar-refractivity contribution in [2.45, 2.75) is 56.8 Å². The molecular formula is C27H28N6O. The summed E-state index contributed by atoms with van der Waals surface area (Å²) < 4.78 is 7.75. The topological polar surface area (TPSA) is 106 Å². The molecule has 4 saturated carbocycles. The Kier molecular flexibility index (Phi) is 4.09. The highest BCUT2D eigenvalue weighted by molar-refractivity contribution is 5.57. The average molecular weight is 453 g/mol. The standard InChI is InChI=1S/C27H28N6O/c1-15-22-23(20(13-28)25(29)34-26(22)31-30-15)21-14-33(19-5-3-2-4-6-19)32-24(21)27-10-16-7-17(11-27)9-18(8-16)12-27/h2-6,14,16-18,23H,7-12,29H2,1H3,(H,30,31)/t16?,17?,18?,23-,27?/m0/s1. The number of hydrogen-bond acceptors (Lipinski definition) is 5. The van der Waals surface area contributed by atoms with Crippen LogP contribution < -0.4 is 10.5 Å². The van der Waals surface area contributed by atoms with E-state index in [1.54, 1.807) is 0 Å². The number of fused-ring (bicyclic) bond motifs is 1. The molecule has 0 radical (unpaired) electrons. The molecule has 4 aliphatic carbocycles. The van der Waals surface area contributed by atoms with Gasteiger partial charge in [0, 0.05) is 28.4 Å². The normalized spacial score (nSPS) is 31.3. The van der Waals surface area contributed by atoms with Crippen molar-refractivity contribution in [3.8, 4) is 17.6 Å². The lowest BCUT2D eigenvalue weighted by Crippen LogP contribution is -2.49. The van der Waals surface area contributed by atoms with Gasteiger partial charge in [-0.1, -0.05) is 18.2 Å². The Morgan fingerprint density at radius 3 is 2.44 bits per heavy atom. The second-order valence-corrected chi connectivity index (χ2v) is 10.9. The number of hydrogen-bond donors (Lipinski definition) is 2. The van der Waals surface area contributed by atoms with Crippen LogP contribution in [0.4, 0.5) is 0 Å². The van der Waals surface area contributed by atoms with Crippen molar-refractivity contribution in [3.63, 3.8) is 0 Å². The number of ether oxygens (including phenoxy) is 1. The molecule has 1 aromatic carbocycles. The molecular weight excluding hydrogens is 424 g/mol. The van der Waals surface area contributed by atoms with Crippen molar-refractivity contribution < 1.29 is 4.74 Å². The zero-order chi connectivity index (χ0) is 23.0. The van der Waals surface area contributed by atoms with Crippen LogP contribution in [0.3, 0.4) is 0 Å². The Hall–Kier alpha value is -3.53. The first-order valence-electron chi connectivity index (χ1n) is 12.3. The minimum Gasteiger partial charge on any atom is -0.420 e. The fourth-order valence-corrected chi connectivity index (χ4v) is 7.83. The summed E-state index contributed by atoms with van der Waals surface area (Å²) in [6, 6.07) is 12.6. The molecule has 5 aliphatic rings. The lowest BCUT2D eigenvalue weighted by molar-refractivity contribution is -0.00778. The number of aromatic amines is 1. The largest absolute Gasteiger partial charge is 0.420 e.